The van der Waals surface area contributed by atoms with E-state index in [1.807, 2.05) is 60.4 Å². The van der Waals surface area contributed by atoms with Crippen LogP contribution in [0.3, 0.4) is 0 Å². The summed E-state index contributed by atoms with van der Waals surface area (Å²) in [6.07, 6.45) is 1.68. The van der Waals surface area contributed by atoms with Crippen molar-refractivity contribution in [3.05, 3.63) is 83.6 Å². The lowest BCUT2D eigenvalue weighted by molar-refractivity contribution is 0.104. The van der Waals surface area contributed by atoms with Crippen LogP contribution in [0.4, 0.5) is 4.79 Å². The van der Waals surface area contributed by atoms with Crippen LogP contribution in [0.2, 0.25) is 0 Å². The van der Waals surface area contributed by atoms with Gasteiger partial charge in [-0.25, -0.2) is 9.78 Å². The first-order valence-electron chi connectivity index (χ1n) is 12.1. The maximum absolute atomic E-state index is 12.5. The van der Waals surface area contributed by atoms with Gasteiger partial charge in [-0.3, -0.25) is 9.80 Å². The molecule has 35 heavy (non-hydrogen) atoms. The summed E-state index contributed by atoms with van der Waals surface area (Å²) >= 11 is 0. The summed E-state index contributed by atoms with van der Waals surface area (Å²) in [7, 11) is 1.64. The second-order valence-corrected chi connectivity index (χ2v) is 9.09. The number of ether oxygens (including phenoxy) is 3. The molecule has 2 aliphatic heterocycles. The van der Waals surface area contributed by atoms with Crippen LogP contribution in [0, 0.1) is 6.92 Å². The van der Waals surface area contributed by atoms with E-state index in [4.69, 9.17) is 14.2 Å². The summed E-state index contributed by atoms with van der Waals surface area (Å²) < 4.78 is 16.5. The van der Waals surface area contributed by atoms with Gasteiger partial charge in [0.05, 0.1) is 13.2 Å². The molecule has 182 valence electrons. The highest BCUT2D eigenvalue weighted by molar-refractivity contribution is 5.71. The third-order valence-electron chi connectivity index (χ3n) is 6.89. The Hall–Kier alpha value is -3.58. The molecule has 5 rings (SSSR count). The maximum Gasteiger partial charge on any atom is 0.410 e. The zero-order valence-electron chi connectivity index (χ0n) is 20.2. The Kier molecular flexibility index (Phi) is 6.86. The molecule has 0 radical (unpaired) electrons. The van der Waals surface area contributed by atoms with Crippen LogP contribution < -0.4 is 9.47 Å². The van der Waals surface area contributed by atoms with Gasteiger partial charge >= 0.3 is 6.09 Å². The molecule has 7 nitrogen and oxygen atoms in total. The first-order chi connectivity index (χ1) is 17.1. The van der Waals surface area contributed by atoms with E-state index in [-0.39, 0.29) is 18.2 Å². The Bertz CT molecular complexity index is 1140. The number of hydrogen-bond acceptors (Lipinski definition) is 6. The molecule has 0 spiro atoms. The third-order valence-corrected chi connectivity index (χ3v) is 6.89. The summed E-state index contributed by atoms with van der Waals surface area (Å²) in [6, 6.07) is 21.9. The highest BCUT2D eigenvalue weighted by Gasteiger charge is 2.40. The van der Waals surface area contributed by atoms with Crippen LogP contribution >= 0.6 is 0 Å². The van der Waals surface area contributed by atoms with Crippen LogP contribution in [0.15, 0.2) is 66.7 Å². The van der Waals surface area contributed by atoms with Gasteiger partial charge in [-0.15, -0.1) is 0 Å². The van der Waals surface area contributed by atoms with Crippen molar-refractivity contribution in [1.29, 1.82) is 0 Å². The van der Waals surface area contributed by atoms with E-state index in [0.717, 1.165) is 55.2 Å². The van der Waals surface area contributed by atoms with Crippen molar-refractivity contribution in [3.8, 4) is 17.4 Å². The minimum atomic E-state index is -0.190. The number of aromatic nitrogens is 1. The molecular formula is C28H31N3O4. The number of aryl methyl sites for hydroxylation is 1. The minimum Gasteiger partial charge on any atom is -0.497 e. The highest BCUT2D eigenvalue weighted by atomic mass is 16.6. The Morgan fingerprint density at radius 2 is 1.69 bits per heavy atom. The molecule has 0 N–H and O–H groups in total. The van der Waals surface area contributed by atoms with Gasteiger partial charge in [0, 0.05) is 37.4 Å². The molecule has 1 aromatic heterocycles. The minimum absolute atomic E-state index is 0.00457. The van der Waals surface area contributed by atoms with E-state index >= 15 is 0 Å². The zero-order chi connectivity index (χ0) is 24.2. The molecule has 7 heteroatoms. The van der Waals surface area contributed by atoms with Crippen molar-refractivity contribution in [2.75, 3.05) is 26.8 Å². The molecule has 2 fully saturated rings. The highest BCUT2D eigenvalue weighted by Crippen LogP contribution is 2.33. The Balaban J connectivity index is 1.17. The molecular weight excluding hydrogens is 442 g/mol. The summed E-state index contributed by atoms with van der Waals surface area (Å²) in [6.45, 7) is 5.15. The van der Waals surface area contributed by atoms with E-state index in [0.29, 0.717) is 12.5 Å². The van der Waals surface area contributed by atoms with Gasteiger partial charge in [-0.05, 0) is 55.2 Å². The number of benzene rings is 2. The van der Waals surface area contributed by atoms with Crippen LogP contribution in [-0.2, 0) is 11.3 Å². The van der Waals surface area contributed by atoms with Crippen molar-refractivity contribution in [3.63, 3.8) is 0 Å². The number of likely N-dealkylation sites (tertiary alicyclic amines) is 1. The number of nitrogens with zero attached hydrogens (tertiary/aromatic N) is 3. The van der Waals surface area contributed by atoms with E-state index < -0.39 is 0 Å². The van der Waals surface area contributed by atoms with E-state index in [2.05, 4.69) is 28.1 Å². The lowest BCUT2D eigenvalue weighted by Crippen LogP contribution is -2.46. The smallest absolute Gasteiger partial charge is 0.410 e. The number of methoxy groups -OCH3 is 1. The number of amides is 1. The summed E-state index contributed by atoms with van der Waals surface area (Å²) in [5.41, 5.74) is 3.29. The van der Waals surface area contributed by atoms with Crippen molar-refractivity contribution >= 4 is 6.09 Å². The number of carbonyl (C=O) groups excluding carboxylic acids is 1. The quantitative estimate of drug-likeness (QED) is 0.461. The average Bonchev–Trinajstić information content (AvgIpc) is 3.28. The van der Waals surface area contributed by atoms with Crippen molar-refractivity contribution in [2.24, 2.45) is 0 Å². The molecule has 0 aliphatic carbocycles. The number of pyridine rings is 1. The molecule has 0 unspecified atom stereocenters. The third kappa shape index (κ3) is 5.25. The lowest BCUT2D eigenvalue weighted by atomic mass is 9.98. The number of rotatable bonds is 7. The first kappa shape index (κ1) is 23.2. The zero-order valence-corrected chi connectivity index (χ0v) is 20.2. The predicted octanol–water partition coefficient (Wildman–Crippen LogP) is 5.35. The SMILES string of the molecule is COc1ccc(Oc2ccc(CN3CCC(N4C(=O)OC[C@H]4c4ccccc4)CC3)c(C)n2)cc1. The largest absolute Gasteiger partial charge is 0.497 e. The molecule has 1 atom stereocenters. The Morgan fingerprint density at radius 1 is 0.971 bits per heavy atom. The van der Waals surface area contributed by atoms with Crippen molar-refractivity contribution in [1.82, 2.24) is 14.8 Å². The maximum atomic E-state index is 12.5. The number of cyclic esters (lactones) is 1. The summed E-state index contributed by atoms with van der Waals surface area (Å²) in [5, 5.41) is 0. The number of hydrogen-bond donors (Lipinski definition) is 0. The Labute approximate surface area is 206 Å². The van der Waals surface area contributed by atoms with E-state index in [1.54, 1.807) is 7.11 Å². The van der Waals surface area contributed by atoms with Gasteiger partial charge in [-0.2, -0.15) is 0 Å². The molecule has 2 saturated heterocycles. The monoisotopic (exact) mass is 473 g/mol. The van der Waals surface area contributed by atoms with Gasteiger partial charge in [0.1, 0.15) is 18.1 Å². The van der Waals surface area contributed by atoms with Gasteiger partial charge < -0.3 is 14.2 Å². The average molecular weight is 474 g/mol. The van der Waals surface area contributed by atoms with Crippen molar-refractivity contribution in [2.45, 2.75) is 38.4 Å². The normalized spacial score (nSPS) is 19.0. The van der Waals surface area contributed by atoms with Gasteiger partial charge in [0.2, 0.25) is 5.88 Å². The van der Waals surface area contributed by atoms with E-state index in [1.165, 1.54) is 5.56 Å². The first-order valence-corrected chi connectivity index (χ1v) is 12.1. The van der Waals surface area contributed by atoms with Crippen molar-refractivity contribution < 1.29 is 19.0 Å². The second kappa shape index (κ2) is 10.4. The van der Waals surface area contributed by atoms with E-state index in [9.17, 15) is 4.79 Å². The number of piperidine rings is 1. The van der Waals surface area contributed by atoms with Gasteiger partial charge in [-0.1, -0.05) is 36.4 Å². The number of carbonyl (C=O) groups is 1. The standard InChI is InChI=1S/C28H31N3O4/c1-20-22(8-13-27(29-20)35-25-11-9-24(33-2)10-12-25)18-30-16-14-23(15-17-30)31-26(19-34-28(31)32)21-6-4-3-5-7-21/h3-13,23,26H,14-19H2,1-2H3/t26-/m0/s1. The summed E-state index contributed by atoms with van der Waals surface area (Å²) in [5.74, 6) is 2.09. The Morgan fingerprint density at radius 3 is 2.37 bits per heavy atom. The molecule has 2 aliphatic rings. The summed E-state index contributed by atoms with van der Waals surface area (Å²) in [4.78, 5) is 21.6. The molecule has 1 amide bonds. The second-order valence-electron chi connectivity index (χ2n) is 9.09. The molecule has 2 aromatic carbocycles. The van der Waals surface area contributed by atoms with Crippen LogP contribution in [0.1, 0.15) is 35.7 Å². The topological polar surface area (TPSA) is 64.1 Å². The van der Waals surface area contributed by atoms with Crippen LogP contribution in [-0.4, -0.2) is 53.7 Å². The molecule has 0 bridgehead atoms. The molecule has 0 saturated carbocycles. The fourth-order valence-corrected chi connectivity index (χ4v) is 4.92. The molecule has 3 heterocycles. The van der Waals surface area contributed by atoms with Crippen LogP contribution in [0.5, 0.6) is 17.4 Å². The predicted molar refractivity (Wildman–Crippen MR) is 133 cm³/mol. The fraction of sp³-hybridized carbons (Fsp3) is 0.357. The van der Waals surface area contributed by atoms with Crippen LogP contribution in [0.25, 0.3) is 0 Å². The van der Waals surface area contributed by atoms with Gasteiger partial charge in [0.15, 0.2) is 0 Å². The lowest BCUT2D eigenvalue weighted by Gasteiger charge is -2.38. The fourth-order valence-electron chi connectivity index (χ4n) is 4.92. The molecule has 3 aromatic rings. The van der Waals surface area contributed by atoms with Gasteiger partial charge in [0.25, 0.3) is 0 Å².